The summed E-state index contributed by atoms with van der Waals surface area (Å²) < 4.78 is 29.7. The third-order valence-corrected chi connectivity index (χ3v) is 2.31. The molecule has 0 bridgehead atoms. The quantitative estimate of drug-likeness (QED) is 0.841. The fraction of sp³-hybridized carbons (Fsp3) is 0.818. The zero-order valence-electron chi connectivity index (χ0n) is 10.9. The number of rotatable bonds is 6. The van der Waals surface area contributed by atoms with Crippen molar-refractivity contribution in [2.45, 2.75) is 39.2 Å². The van der Waals surface area contributed by atoms with E-state index in [0.29, 0.717) is 5.82 Å². The van der Waals surface area contributed by atoms with Gasteiger partial charge in [0.05, 0.1) is 19.7 Å². The maximum atomic E-state index is 12.3. The molecular formula is C11H19F2N3O2. The predicted molar refractivity (Wildman–Crippen MR) is 61.4 cm³/mol. The number of nitrogens with zero attached hydrogens (tertiary/aromatic N) is 3. The second-order valence-corrected chi connectivity index (χ2v) is 5.11. The lowest BCUT2D eigenvalue weighted by Gasteiger charge is -2.18. The van der Waals surface area contributed by atoms with E-state index in [4.69, 9.17) is 9.63 Å². The second-order valence-electron chi connectivity index (χ2n) is 5.11. The third kappa shape index (κ3) is 4.66. The third-order valence-electron chi connectivity index (χ3n) is 2.31. The van der Waals surface area contributed by atoms with Gasteiger partial charge in [0.15, 0.2) is 5.82 Å². The van der Waals surface area contributed by atoms with Crippen molar-refractivity contribution >= 4 is 0 Å². The van der Waals surface area contributed by atoms with Gasteiger partial charge in [-0.15, -0.1) is 0 Å². The average molecular weight is 263 g/mol. The summed E-state index contributed by atoms with van der Waals surface area (Å²) in [5, 5.41) is 12.6. The average Bonchev–Trinajstić information content (AvgIpc) is 2.64. The zero-order valence-corrected chi connectivity index (χ0v) is 10.9. The molecule has 1 aromatic rings. The number of halogens is 2. The van der Waals surface area contributed by atoms with Crippen molar-refractivity contribution in [3.63, 3.8) is 0 Å². The van der Waals surface area contributed by atoms with Gasteiger partial charge >= 0.3 is 0 Å². The van der Waals surface area contributed by atoms with E-state index in [1.54, 1.807) is 0 Å². The van der Waals surface area contributed by atoms with E-state index in [1.807, 2.05) is 20.8 Å². The van der Waals surface area contributed by atoms with Gasteiger partial charge in [0.1, 0.15) is 0 Å². The first-order chi connectivity index (χ1) is 8.32. The highest BCUT2D eigenvalue weighted by atomic mass is 19.3. The Morgan fingerprint density at radius 1 is 1.39 bits per heavy atom. The molecule has 0 saturated carbocycles. The topological polar surface area (TPSA) is 62.4 Å². The molecule has 0 spiro atoms. The van der Waals surface area contributed by atoms with Crippen molar-refractivity contribution in [1.82, 2.24) is 15.0 Å². The Bertz CT molecular complexity index is 363. The highest BCUT2D eigenvalue weighted by Crippen LogP contribution is 2.18. The molecule has 104 valence electrons. The second kappa shape index (κ2) is 6.19. The van der Waals surface area contributed by atoms with Crippen LogP contribution in [0.2, 0.25) is 0 Å². The molecule has 0 aliphatic carbocycles. The molecule has 1 heterocycles. The van der Waals surface area contributed by atoms with Crippen molar-refractivity contribution in [2.75, 3.05) is 19.7 Å². The highest BCUT2D eigenvalue weighted by Gasteiger charge is 2.22. The molecule has 1 aromatic heterocycles. The van der Waals surface area contributed by atoms with Crippen LogP contribution in [-0.2, 0) is 12.0 Å². The summed E-state index contributed by atoms with van der Waals surface area (Å²) in [6.45, 7) is 5.47. The number of hydrogen-bond acceptors (Lipinski definition) is 5. The first-order valence-electron chi connectivity index (χ1n) is 5.77. The van der Waals surface area contributed by atoms with Crippen LogP contribution >= 0.6 is 0 Å². The van der Waals surface area contributed by atoms with Crippen molar-refractivity contribution in [2.24, 2.45) is 0 Å². The number of hydrogen-bond donors (Lipinski definition) is 1. The Hall–Kier alpha value is -1.08. The number of aromatic nitrogens is 2. The predicted octanol–water partition coefficient (Wildman–Crippen LogP) is 1.43. The van der Waals surface area contributed by atoms with E-state index < -0.39 is 13.0 Å². The lowest BCUT2D eigenvalue weighted by molar-refractivity contribution is 0.0692. The smallest absolute Gasteiger partial charge is 0.251 e. The summed E-state index contributed by atoms with van der Waals surface area (Å²) in [6.07, 6.45) is -2.46. The molecule has 1 N–H and O–H groups in total. The van der Waals surface area contributed by atoms with Crippen molar-refractivity contribution < 1.29 is 18.4 Å². The summed E-state index contributed by atoms with van der Waals surface area (Å²) in [7, 11) is 0. The Balaban J connectivity index is 2.66. The summed E-state index contributed by atoms with van der Waals surface area (Å²) in [6, 6.07) is 0. The Labute approximate surface area is 105 Å². The summed E-state index contributed by atoms with van der Waals surface area (Å²) in [4.78, 5) is 5.54. The van der Waals surface area contributed by atoms with Gasteiger partial charge in [0, 0.05) is 12.0 Å². The maximum absolute atomic E-state index is 12.3. The minimum atomic E-state index is -2.46. The fourth-order valence-electron chi connectivity index (χ4n) is 1.39. The van der Waals surface area contributed by atoms with Crippen LogP contribution < -0.4 is 0 Å². The molecule has 0 atom stereocenters. The van der Waals surface area contributed by atoms with Crippen LogP contribution in [0.25, 0.3) is 0 Å². The molecular weight excluding hydrogens is 244 g/mol. The van der Waals surface area contributed by atoms with E-state index in [1.165, 1.54) is 4.90 Å². The number of alkyl halides is 2. The molecule has 7 heteroatoms. The molecule has 1 rings (SSSR count). The van der Waals surface area contributed by atoms with Crippen LogP contribution in [0, 0.1) is 0 Å². The van der Waals surface area contributed by atoms with Gasteiger partial charge in [0.25, 0.3) is 6.43 Å². The Morgan fingerprint density at radius 3 is 2.50 bits per heavy atom. The van der Waals surface area contributed by atoms with Gasteiger partial charge in [-0.05, 0) is 0 Å². The van der Waals surface area contributed by atoms with Crippen LogP contribution in [0.15, 0.2) is 4.52 Å². The standard InChI is InChI=1S/C11H19F2N3O2/c1-11(2,3)10-14-9(18-15-10)7-16(4-5-17)6-8(12)13/h8,17H,4-7H2,1-3H3. The van der Waals surface area contributed by atoms with E-state index >= 15 is 0 Å². The molecule has 18 heavy (non-hydrogen) atoms. The maximum Gasteiger partial charge on any atom is 0.251 e. The van der Waals surface area contributed by atoms with Crippen LogP contribution in [0.4, 0.5) is 8.78 Å². The molecule has 0 unspecified atom stereocenters. The Kier molecular flexibility index (Phi) is 5.15. The van der Waals surface area contributed by atoms with Gasteiger partial charge in [-0.2, -0.15) is 4.98 Å². The molecule has 0 aliphatic heterocycles. The molecule has 0 aliphatic rings. The van der Waals surface area contributed by atoms with Gasteiger partial charge in [0.2, 0.25) is 5.89 Å². The minimum Gasteiger partial charge on any atom is -0.395 e. The first kappa shape index (κ1) is 15.0. The SMILES string of the molecule is CC(C)(C)c1noc(CN(CCO)CC(F)F)n1. The number of aliphatic hydroxyl groups excluding tert-OH is 1. The van der Waals surface area contributed by atoms with E-state index in [2.05, 4.69) is 10.1 Å². The monoisotopic (exact) mass is 263 g/mol. The summed E-state index contributed by atoms with van der Waals surface area (Å²) in [5.41, 5.74) is -0.244. The minimum absolute atomic E-state index is 0.119. The molecule has 0 radical (unpaired) electrons. The van der Waals surface area contributed by atoms with E-state index in [9.17, 15) is 8.78 Å². The van der Waals surface area contributed by atoms with Crippen LogP contribution in [-0.4, -0.2) is 46.3 Å². The largest absolute Gasteiger partial charge is 0.395 e. The van der Waals surface area contributed by atoms with Crippen LogP contribution in [0.1, 0.15) is 32.5 Å². The molecule has 0 fully saturated rings. The zero-order chi connectivity index (χ0) is 13.8. The summed E-state index contributed by atoms with van der Waals surface area (Å²) in [5.74, 6) is 0.826. The van der Waals surface area contributed by atoms with Gasteiger partial charge < -0.3 is 9.63 Å². The van der Waals surface area contributed by atoms with Crippen LogP contribution in [0.3, 0.4) is 0 Å². The first-order valence-corrected chi connectivity index (χ1v) is 5.77. The van der Waals surface area contributed by atoms with Crippen molar-refractivity contribution in [3.05, 3.63) is 11.7 Å². The van der Waals surface area contributed by atoms with Gasteiger partial charge in [-0.25, -0.2) is 8.78 Å². The molecule has 0 amide bonds. The summed E-state index contributed by atoms with van der Waals surface area (Å²) >= 11 is 0. The molecule has 0 saturated heterocycles. The van der Waals surface area contributed by atoms with Gasteiger partial charge in [-0.1, -0.05) is 25.9 Å². The highest BCUT2D eigenvalue weighted by molar-refractivity contribution is 4.99. The van der Waals surface area contributed by atoms with Gasteiger partial charge in [-0.3, -0.25) is 4.90 Å². The van der Waals surface area contributed by atoms with Crippen molar-refractivity contribution in [3.8, 4) is 0 Å². The van der Waals surface area contributed by atoms with Crippen LogP contribution in [0.5, 0.6) is 0 Å². The fourth-order valence-corrected chi connectivity index (χ4v) is 1.39. The van der Waals surface area contributed by atoms with E-state index in [0.717, 1.165) is 0 Å². The van der Waals surface area contributed by atoms with Crippen molar-refractivity contribution in [1.29, 1.82) is 0 Å². The molecule has 0 aromatic carbocycles. The lowest BCUT2D eigenvalue weighted by atomic mass is 9.96. The lowest BCUT2D eigenvalue weighted by Crippen LogP contribution is -2.31. The number of aliphatic hydroxyl groups is 1. The normalized spacial score (nSPS) is 12.7. The van der Waals surface area contributed by atoms with E-state index in [-0.39, 0.29) is 31.0 Å². The molecule has 5 nitrogen and oxygen atoms in total. The Morgan fingerprint density at radius 2 is 2.06 bits per heavy atom.